The highest BCUT2D eigenvalue weighted by Gasteiger charge is 2.29. The van der Waals surface area contributed by atoms with Gasteiger partial charge in [-0.3, -0.25) is 4.79 Å². The Morgan fingerprint density at radius 2 is 1.90 bits per heavy atom. The predicted octanol–water partition coefficient (Wildman–Crippen LogP) is 4.62. The van der Waals surface area contributed by atoms with Crippen molar-refractivity contribution in [1.29, 1.82) is 0 Å². The van der Waals surface area contributed by atoms with E-state index in [1.165, 1.54) is 0 Å². The number of nitrogens with one attached hydrogen (secondary N) is 2. The average Bonchev–Trinajstić information content (AvgIpc) is 3.30. The van der Waals surface area contributed by atoms with Crippen molar-refractivity contribution >= 4 is 28.7 Å². The molecule has 0 aliphatic carbocycles. The average molecular weight is 549 g/mol. The molecule has 0 unspecified atom stereocenters. The van der Waals surface area contributed by atoms with Gasteiger partial charge in [-0.2, -0.15) is 0 Å². The number of nitrogens with zero attached hydrogens (tertiary/aromatic N) is 3. The number of para-hydroxylation sites is 3. The van der Waals surface area contributed by atoms with Gasteiger partial charge in [0, 0.05) is 64.0 Å². The number of likely N-dealkylation sites (tertiary alicyclic amines) is 1. The molecule has 0 spiro atoms. The number of carbonyl (C=O) groups is 2. The number of nitrogens with two attached hydrogens (primary N) is 1. The number of imidazole rings is 1. The van der Waals surface area contributed by atoms with Crippen LogP contribution in [0.25, 0.3) is 11.0 Å². The van der Waals surface area contributed by atoms with E-state index in [-0.39, 0.29) is 36.2 Å². The molecule has 9 nitrogen and oxygen atoms in total. The van der Waals surface area contributed by atoms with Gasteiger partial charge in [-0.15, -0.1) is 0 Å². The first-order chi connectivity index (χ1) is 19.2. The highest BCUT2D eigenvalue weighted by Crippen LogP contribution is 2.31. The number of fused-ring (bicyclic) bond motifs is 1. The van der Waals surface area contributed by atoms with Crippen molar-refractivity contribution < 1.29 is 14.3 Å². The highest BCUT2D eigenvalue weighted by molar-refractivity contribution is 5.90. The Hall–Kier alpha value is -3.43. The number of amides is 3. The smallest absolute Gasteiger partial charge is 0.319 e. The van der Waals surface area contributed by atoms with Gasteiger partial charge in [-0.05, 0) is 48.4 Å². The second kappa shape index (κ2) is 13.3. The number of benzene rings is 2. The number of methoxy groups -OCH3 is 1. The van der Waals surface area contributed by atoms with E-state index < -0.39 is 6.04 Å². The maximum atomic E-state index is 13.2. The number of aromatic nitrogens is 2. The molecule has 40 heavy (non-hydrogen) atoms. The van der Waals surface area contributed by atoms with Gasteiger partial charge in [0.1, 0.15) is 5.82 Å². The standard InChI is InChI=1S/C31H44N6O3/c1-31(2,3)24-12-5-6-13-25(24)35-30(39)33-20-23(32)19-28(38)36-16-9-11-22(21-36)29-34-26-14-7-8-15-27(26)37(29)17-10-18-40-4/h5-8,12-15,22-23H,9-11,16-21,32H2,1-4H3,(H2,33,35,39)/t22-,23-/m1/s1. The molecule has 4 N–H and O–H groups in total. The summed E-state index contributed by atoms with van der Waals surface area (Å²) in [5.74, 6) is 1.21. The van der Waals surface area contributed by atoms with Crippen molar-refractivity contribution in [2.45, 2.75) is 70.4 Å². The topological polar surface area (TPSA) is 115 Å². The molecule has 2 heterocycles. The number of hydrogen-bond acceptors (Lipinski definition) is 5. The van der Waals surface area contributed by atoms with Gasteiger partial charge in [0.05, 0.1) is 11.0 Å². The van der Waals surface area contributed by atoms with E-state index in [9.17, 15) is 9.59 Å². The van der Waals surface area contributed by atoms with Crippen LogP contribution in [-0.4, -0.2) is 65.8 Å². The lowest BCUT2D eigenvalue weighted by Crippen LogP contribution is -2.45. The van der Waals surface area contributed by atoms with Gasteiger partial charge in [-0.1, -0.05) is 51.1 Å². The van der Waals surface area contributed by atoms with E-state index in [1.807, 2.05) is 47.4 Å². The summed E-state index contributed by atoms with van der Waals surface area (Å²) < 4.78 is 7.57. The molecule has 1 aliphatic rings. The number of piperidine rings is 1. The number of aryl methyl sites for hydroxylation is 1. The second-order valence-electron chi connectivity index (χ2n) is 11.7. The van der Waals surface area contributed by atoms with E-state index in [2.05, 4.69) is 42.0 Å². The third-order valence-corrected chi connectivity index (χ3v) is 7.50. The molecule has 1 fully saturated rings. The molecule has 2 aromatic carbocycles. The van der Waals surface area contributed by atoms with Crippen molar-refractivity contribution in [1.82, 2.24) is 19.8 Å². The minimum absolute atomic E-state index is 0.0135. The van der Waals surface area contributed by atoms with Crippen molar-refractivity contribution in [2.24, 2.45) is 5.73 Å². The van der Waals surface area contributed by atoms with Crippen molar-refractivity contribution in [3.63, 3.8) is 0 Å². The summed E-state index contributed by atoms with van der Waals surface area (Å²) in [4.78, 5) is 32.7. The Labute approximate surface area is 237 Å². The Morgan fingerprint density at radius 3 is 2.67 bits per heavy atom. The van der Waals surface area contributed by atoms with Crippen LogP contribution >= 0.6 is 0 Å². The maximum absolute atomic E-state index is 13.2. The first-order valence-corrected chi connectivity index (χ1v) is 14.3. The van der Waals surface area contributed by atoms with Gasteiger partial charge < -0.3 is 30.6 Å². The first kappa shape index (κ1) is 29.6. The van der Waals surface area contributed by atoms with Crippen LogP contribution in [0.4, 0.5) is 10.5 Å². The Morgan fingerprint density at radius 1 is 1.15 bits per heavy atom. The summed E-state index contributed by atoms with van der Waals surface area (Å²) in [7, 11) is 1.72. The van der Waals surface area contributed by atoms with Gasteiger partial charge in [0.2, 0.25) is 5.91 Å². The molecule has 2 atom stereocenters. The molecule has 1 aromatic heterocycles. The number of ether oxygens (including phenoxy) is 1. The highest BCUT2D eigenvalue weighted by atomic mass is 16.5. The number of urea groups is 1. The van der Waals surface area contributed by atoms with Gasteiger partial charge in [0.25, 0.3) is 0 Å². The molecular weight excluding hydrogens is 504 g/mol. The molecule has 3 aromatic rings. The molecule has 4 rings (SSSR count). The van der Waals surface area contributed by atoms with Crippen LogP contribution < -0.4 is 16.4 Å². The van der Waals surface area contributed by atoms with Crippen LogP contribution in [0.3, 0.4) is 0 Å². The van der Waals surface area contributed by atoms with E-state index >= 15 is 0 Å². The summed E-state index contributed by atoms with van der Waals surface area (Å²) in [5.41, 5.74) is 10.1. The summed E-state index contributed by atoms with van der Waals surface area (Å²) in [6.07, 6.45) is 2.98. The molecule has 0 bridgehead atoms. The lowest BCUT2D eigenvalue weighted by molar-refractivity contribution is -0.132. The fourth-order valence-corrected chi connectivity index (χ4v) is 5.48. The second-order valence-corrected chi connectivity index (χ2v) is 11.7. The van der Waals surface area contributed by atoms with Crippen LogP contribution in [-0.2, 0) is 21.5 Å². The minimum atomic E-state index is -0.477. The quantitative estimate of drug-likeness (QED) is 0.320. The van der Waals surface area contributed by atoms with Crippen molar-refractivity contribution in [3.05, 3.63) is 59.9 Å². The normalized spacial score (nSPS) is 16.6. The van der Waals surface area contributed by atoms with Crippen LogP contribution in [0.1, 0.15) is 63.8 Å². The molecule has 1 saturated heterocycles. The molecule has 0 radical (unpaired) electrons. The van der Waals surface area contributed by atoms with Crippen molar-refractivity contribution in [2.75, 3.05) is 38.7 Å². The lowest BCUT2D eigenvalue weighted by atomic mass is 9.86. The minimum Gasteiger partial charge on any atom is -0.385 e. The van der Waals surface area contributed by atoms with Crippen LogP contribution in [0.2, 0.25) is 0 Å². The molecular formula is C31H44N6O3. The summed E-state index contributed by atoms with van der Waals surface area (Å²) >= 11 is 0. The summed E-state index contributed by atoms with van der Waals surface area (Å²) in [6.45, 7) is 9.38. The first-order valence-electron chi connectivity index (χ1n) is 14.3. The largest absolute Gasteiger partial charge is 0.385 e. The fourth-order valence-electron chi connectivity index (χ4n) is 5.48. The van der Waals surface area contributed by atoms with Gasteiger partial charge in [-0.25, -0.2) is 9.78 Å². The van der Waals surface area contributed by atoms with Crippen molar-refractivity contribution in [3.8, 4) is 0 Å². The van der Waals surface area contributed by atoms with Gasteiger partial charge in [0.15, 0.2) is 0 Å². The third kappa shape index (κ3) is 7.40. The molecule has 0 saturated carbocycles. The number of anilines is 1. The number of carbonyl (C=O) groups excluding carboxylic acids is 2. The molecule has 1 aliphatic heterocycles. The zero-order chi connectivity index (χ0) is 28.7. The number of rotatable bonds is 10. The molecule has 216 valence electrons. The predicted molar refractivity (Wildman–Crippen MR) is 160 cm³/mol. The van der Waals surface area contributed by atoms with E-state index in [0.29, 0.717) is 19.7 Å². The van der Waals surface area contributed by atoms with Gasteiger partial charge >= 0.3 is 6.03 Å². The summed E-state index contributed by atoms with van der Waals surface area (Å²) in [5, 5.41) is 5.76. The zero-order valence-corrected chi connectivity index (χ0v) is 24.3. The SMILES string of the molecule is COCCCn1c([C@@H]2CCCN(C(=O)C[C@@H](N)CNC(=O)Nc3ccccc3C(C)(C)C)C2)nc2ccccc21. The number of hydrogen-bond donors (Lipinski definition) is 3. The Bertz CT molecular complexity index is 1300. The third-order valence-electron chi connectivity index (χ3n) is 7.50. The van der Waals surface area contributed by atoms with E-state index in [4.69, 9.17) is 15.5 Å². The lowest BCUT2D eigenvalue weighted by Gasteiger charge is -2.33. The maximum Gasteiger partial charge on any atom is 0.319 e. The van der Waals surface area contributed by atoms with Crippen LogP contribution in [0.5, 0.6) is 0 Å². The molecule has 9 heteroatoms. The fraction of sp³-hybridized carbons (Fsp3) is 0.516. The Balaban J connectivity index is 1.33. The molecule has 3 amide bonds. The van der Waals surface area contributed by atoms with E-state index in [1.54, 1.807) is 7.11 Å². The monoisotopic (exact) mass is 548 g/mol. The Kier molecular flexibility index (Phi) is 9.81. The summed E-state index contributed by atoms with van der Waals surface area (Å²) in [6, 6.07) is 15.2. The zero-order valence-electron chi connectivity index (χ0n) is 24.3. The van der Waals surface area contributed by atoms with Crippen LogP contribution in [0, 0.1) is 0 Å². The van der Waals surface area contributed by atoms with E-state index in [0.717, 1.165) is 53.9 Å². The van der Waals surface area contributed by atoms with Crippen LogP contribution in [0.15, 0.2) is 48.5 Å².